The maximum absolute atomic E-state index is 13.3. The Labute approximate surface area is 201 Å². The first-order valence-corrected chi connectivity index (χ1v) is 11.9. The summed E-state index contributed by atoms with van der Waals surface area (Å²) >= 11 is 6.60. The highest BCUT2D eigenvalue weighted by Crippen LogP contribution is 2.34. The van der Waals surface area contributed by atoms with Crippen LogP contribution in [-0.4, -0.2) is 42.2 Å². The van der Waals surface area contributed by atoms with Crippen LogP contribution in [0.15, 0.2) is 64.4 Å². The monoisotopic (exact) mass is 480 g/mol. The molecule has 0 aliphatic carbocycles. The third-order valence-corrected chi connectivity index (χ3v) is 6.88. The smallest absolute Gasteiger partial charge is 0.267 e. The molecular formula is C24H24N4O3S2. The van der Waals surface area contributed by atoms with Gasteiger partial charge in [0.05, 0.1) is 16.6 Å². The van der Waals surface area contributed by atoms with Gasteiger partial charge in [0.2, 0.25) is 0 Å². The number of nitrogens with zero attached hydrogens (tertiary/aromatic N) is 3. The van der Waals surface area contributed by atoms with Gasteiger partial charge in [-0.25, -0.2) is 4.98 Å². The maximum atomic E-state index is 13.3. The molecule has 1 amide bonds. The number of benzene rings is 1. The number of fused-ring (bicyclic) bond motifs is 1. The van der Waals surface area contributed by atoms with E-state index in [1.165, 1.54) is 16.2 Å². The summed E-state index contributed by atoms with van der Waals surface area (Å²) in [6.07, 6.45) is 3.16. The minimum atomic E-state index is -0.793. The van der Waals surface area contributed by atoms with Gasteiger partial charge in [-0.05, 0) is 37.1 Å². The fourth-order valence-electron chi connectivity index (χ4n) is 3.53. The van der Waals surface area contributed by atoms with Gasteiger partial charge in [0.1, 0.15) is 15.8 Å². The molecule has 7 nitrogen and oxygen atoms in total. The summed E-state index contributed by atoms with van der Waals surface area (Å²) in [7, 11) is 0. The molecule has 0 unspecified atom stereocenters. The van der Waals surface area contributed by atoms with E-state index in [1.54, 1.807) is 35.4 Å². The third kappa shape index (κ3) is 4.71. The van der Waals surface area contributed by atoms with E-state index in [0.717, 1.165) is 12.0 Å². The highest BCUT2D eigenvalue weighted by atomic mass is 32.2. The lowest BCUT2D eigenvalue weighted by molar-refractivity contribution is -0.123. The number of rotatable bonds is 7. The van der Waals surface area contributed by atoms with Crippen LogP contribution in [0, 0.1) is 0 Å². The Morgan fingerprint density at radius 1 is 1.18 bits per heavy atom. The number of carbonyl (C=O) groups excluding carboxylic acids is 1. The summed E-state index contributed by atoms with van der Waals surface area (Å²) in [6.45, 7) is 4.08. The van der Waals surface area contributed by atoms with Gasteiger partial charge in [0.15, 0.2) is 0 Å². The lowest BCUT2D eigenvalue weighted by Crippen LogP contribution is -2.36. The van der Waals surface area contributed by atoms with E-state index >= 15 is 0 Å². The molecule has 3 heterocycles. The number of nitrogens with one attached hydrogen (secondary N) is 1. The van der Waals surface area contributed by atoms with E-state index in [9.17, 15) is 14.7 Å². The average molecular weight is 481 g/mol. The molecule has 1 aliphatic rings. The highest BCUT2D eigenvalue weighted by molar-refractivity contribution is 8.26. The van der Waals surface area contributed by atoms with Crippen molar-refractivity contribution in [3.05, 3.63) is 81.1 Å². The fraction of sp³-hybridized carbons (Fsp3) is 0.250. The quantitative estimate of drug-likeness (QED) is 0.392. The molecule has 0 bridgehead atoms. The van der Waals surface area contributed by atoms with E-state index in [1.807, 2.05) is 44.2 Å². The van der Waals surface area contributed by atoms with E-state index in [2.05, 4.69) is 10.3 Å². The van der Waals surface area contributed by atoms with Gasteiger partial charge in [0.25, 0.3) is 11.5 Å². The number of amides is 1. The van der Waals surface area contributed by atoms with Crippen LogP contribution in [0.4, 0.5) is 5.82 Å². The van der Waals surface area contributed by atoms with Crippen molar-refractivity contribution in [3.63, 3.8) is 0 Å². The molecule has 1 saturated heterocycles. The molecule has 9 heteroatoms. The van der Waals surface area contributed by atoms with Crippen LogP contribution < -0.4 is 10.9 Å². The van der Waals surface area contributed by atoms with Gasteiger partial charge >= 0.3 is 0 Å². The molecule has 2 aromatic heterocycles. The van der Waals surface area contributed by atoms with Crippen LogP contribution in [0.25, 0.3) is 11.7 Å². The predicted octanol–water partition coefficient (Wildman–Crippen LogP) is 3.84. The normalized spacial score (nSPS) is 17.1. The van der Waals surface area contributed by atoms with E-state index in [4.69, 9.17) is 12.2 Å². The second-order valence-electron chi connectivity index (χ2n) is 7.72. The zero-order valence-electron chi connectivity index (χ0n) is 18.3. The number of aliphatic hydroxyl groups excluding tert-OH is 1. The summed E-state index contributed by atoms with van der Waals surface area (Å²) < 4.78 is 1.91. The van der Waals surface area contributed by atoms with Gasteiger partial charge in [-0.2, -0.15) is 0 Å². The Balaban J connectivity index is 1.73. The molecule has 4 rings (SSSR count). The minimum Gasteiger partial charge on any atom is -0.387 e. The minimum absolute atomic E-state index is 0.0298. The first kappa shape index (κ1) is 23.2. The van der Waals surface area contributed by atoms with Crippen LogP contribution in [0.1, 0.15) is 37.5 Å². The molecule has 170 valence electrons. The number of anilines is 1. The zero-order chi connectivity index (χ0) is 23.5. The number of carbonyl (C=O) groups is 1. The van der Waals surface area contributed by atoms with Gasteiger partial charge in [-0.3, -0.25) is 18.9 Å². The van der Waals surface area contributed by atoms with E-state index in [-0.39, 0.29) is 29.6 Å². The maximum Gasteiger partial charge on any atom is 0.267 e. The number of aliphatic hydroxyl groups is 1. The number of hydrogen-bond acceptors (Lipinski definition) is 7. The average Bonchev–Trinajstić information content (AvgIpc) is 3.12. The van der Waals surface area contributed by atoms with Gasteiger partial charge < -0.3 is 10.4 Å². The number of pyridine rings is 1. The van der Waals surface area contributed by atoms with Crippen molar-refractivity contribution in [1.82, 2.24) is 14.3 Å². The largest absolute Gasteiger partial charge is 0.387 e. The summed E-state index contributed by atoms with van der Waals surface area (Å²) in [5, 5.41) is 13.7. The SMILES string of the molecule is CC[C@H](C)N1C(=O)/C(=C/c2c(NC[C@@H](O)c3ccccc3)nc3ccccn3c2=O)SC1=S. The second-order valence-corrected chi connectivity index (χ2v) is 9.40. The molecule has 3 aromatic rings. The van der Waals surface area contributed by atoms with Crippen molar-refractivity contribution in [1.29, 1.82) is 0 Å². The van der Waals surface area contributed by atoms with Gasteiger partial charge in [-0.1, -0.05) is 67.3 Å². The first-order valence-electron chi connectivity index (χ1n) is 10.7. The standard InChI is InChI=1S/C24H24N4O3S2/c1-3-15(2)28-23(31)19(33-24(28)32)13-17-21(25-14-18(29)16-9-5-4-6-10-16)26-20-11-7-8-12-27(20)22(17)30/h4-13,15,18,25,29H,3,14H2,1-2H3/b19-13-/t15-,18+/m0/s1. The molecule has 33 heavy (non-hydrogen) atoms. The molecule has 1 aromatic carbocycles. The van der Waals surface area contributed by atoms with E-state index in [0.29, 0.717) is 20.7 Å². The van der Waals surface area contributed by atoms with Crippen LogP contribution >= 0.6 is 24.0 Å². The Morgan fingerprint density at radius 2 is 1.91 bits per heavy atom. The van der Waals surface area contributed by atoms with Crippen LogP contribution in [-0.2, 0) is 4.79 Å². The molecule has 1 aliphatic heterocycles. The fourth-order valence-corrected chi connectivity index (χ4v) is 4.97. The molecule has 0 spiro atoms. The van der Waals surface area contributed by atoms with Crippen LogP contribution in [0.3, 0.4) is 0 Å². The van der Waals surface area contributed by atoms with Gasteiger partial charge in [0, 0.05) is 18.8 Å². The van der Waals surface area contributed by atoms with Crippen molar-refractivity contribution in [2.24, 2.45) is 0 Å². The summed E-state index contributed by atoms with van der Waals surface area (Å²) in [4.78, 5) is 32.9. The predicted molar refractivity (Wildman–Crippen MR) is 136 cm³/mol. The summed E-state index contributed by atoms with van der Waals surface area (Å²) in [5.41, 5.74) is 1.14. The molecular weight excluding hydrogens is 456 g/mol. The Morgan fingerprint density at radius 3 is 2.64 bits per heavy atom. The lowest BCUT2D eigenvalue weighted by Gasteiger charge is -2.21. The Hall–Kier alpha value is -3.01. The summed E-state index contributed by atoms with van der Waals surface area (Å²) in [5.74, 6) is 0.0853. The highest BCUT2D eigenvalue weighted by Gasteiger charge is 2.35. The first-order chi connectivity index (χ1) is 15.9. The van der Waals surface area contributed by atoms with Crippen molar-refractivity contribution >= 4 is 51.7 Å². The van der Waals surface area contributed by atoms with Crippen molar-refractivity contribution in [3.8, 4) is 0 Å². The number of hydrogen-bond donors (Lipinski definition) is 2. The third-order valence-electron chi connectivity index (χ3n) is 5.55. The van der Waals surface area contributed by atoms with Gasteiger partial charge in [-0.15, -0.1) is 0 Å². The zero-order valence-corrected chi connectivity index (χ0v) is 19.9. The number of thiocarbonyl (C=S) groups is 1. The lowest BCUT2D eigenvalue weighted by atomic mass is 10.1. The Bertz CT molecular complexity index is 1290. The molecule has 2 N–H and O–H groups in total. The van der Waals surface area contributed by atoms with Crippen molar-refractivity contribution < 1.29 is 9.90 Å². The number of aromatic nitrogens is 2. The summed E-state index contributed by atoms with van der Waals surface area (Å²) in [6, 6.07) is 14.5. The van der Waals surface area contributed by atoms with Crippen LogP contribution in [0.2, 0.25) is 0 Å². The van der Waals surface area contributed by atoms with Crippen molar-refractivity contribution in [2.45, 2.75) is 32.4 Å². The Kier molecular flexibility index (Phi) is 6.92. The number of thioether (sulfide) groups is 1. The molecule has 0 radical (unpaired) electrons. The molecule has 0 saturated carbocycles. The molecule has 2 atom stereocenters. The van der Waals surface area contributed by atoms with Crippen LogP contribution in [0.5, 0.6) is 0 Å². The van der Waals surface area contributed by atoms with Crippen molar-refractivity contribution in [2.75, 3.05) is 11.9 Å². The topological polar surface area (TPSA) is 86.9 Å². The second kappa shape index (κ2) is 9.86. The molecule has 1 fully saturated rings. The van der Waals surface area contributed by atoms with E-state index < -0.39 is 6.10 Å².